The lowest BCUT2D eigenvalue weighted by molar-refractivity contribution is 0.637. The van der Waals surface area contributed by atoms with E-state index in [9.17, 15) is 0 Å². The van der Waals surface area contributed by atoms with Gasteiger partial charge in [-0.2, -0.15) is 0 Å². The summed E-state index contributed by atoms with van der Waals surface area (Å²) in [5.74, 6) is 0. The second-order valence-corrected chi connectivity index (χ2v) is 6.06. The van der Waals surface area contributed by atoms with Gasteiger partial charge in [-0.3, -0.25) is 0 Å². The van der Waals surface area contributed by atoms with Crippen LogP contribution in [0.4, 0.5) is 0 Å². The number of aryl methyl sites for hydroxylation is 1. The van der Waals surface area contributed by atoms with Gasteiger partial charge >= 0.3 is 0 Å². The van der Waals surface area contributed by atoms with E-state index in [0.717, 1.165) is 6.54 Å². The molecule has 1 aromatic carbocycles. The van der Waals surface area contributed by atoms with Crippen molar-refractivity contribution in [1.82, 2.24) is 5.32 Å². The van der Waals surface area contributed by atoms with Crippen molar-refractivity contribution in [3.8, 4) is 0 Å². The predicted octanol–water partition coefficient (Wildman–Crippen LogP) is 4.48. The summed E-state index contributed by atoms with van der Waals surface area (Å²) in [5.41, 5.74) is 2.72. The number of hydrogen-bond acceptors (Lipinski definition) is 3. The van der Waals surface area contributed by atoms with Gasteiger partial charge in [-0.05, 0) is 54.4 Å². The summed E-state index contributed by atoms with van der Waals surface area (Å²) in [7, 11) is 0. The zero-order valence-corrected chi connectivity index (χ0v) is 12.7. The molecule has 0 saturated carbocycles. The van der Waals surface area contributed by atoms with Crippen LogP contribution in [-0.2, 0) is 0 Å². The van der Waals surface area contributed by atoms with E-state index >= 15 is 0 Å². The average molecular weight is 277 g/mol. The van der Waals surface area contributed by atoms with E-state index < -0.39 is 0 Å². The van der Waals surface area contributed by atoms with Crippen molar-refractivity contribution < 1.29 is 0 Å². The SMILES string of the molecule is CCNC(c1ccc(SC)cc1)c1sccc1C. The Morgan fingerprint density at radius 1 is 1.22 bits per heavy atom. The Kier molecular flexibility index (Phi) is 4.87. The van der Waals surface area contributed by atoms with Crippen molar-refractivity contribution in [2.45, 2.75) is 24.8 Å². The molecule has 18 heavy (non-hydrogen) atoms. The lowest BCUT2D eigenvalue weighted by Gasteiger charge is -2.18. The molecule has 2 aromatic rings. The zero-order chi connectivity index (χ0) is 13.0. The monoisotopic (exact) mass is 277 g/mol. The van der Waals surface area contributed by atoms with Gasteiger partial charge in [0.2, 0.25) is 0 Å². The minimum Gasteiger partial charge on any atom is -0.306 e. The molecule has 0 amide bonds. The molecule has 96 valence electrons. The third-order valence-electron chi connectivity index (χ3n) is 3.02. The molecule has 0 aliphatic heterocycles. The van der Waals surface area contributed by atoms with Gasteiger partial charge in [0.05, 0.1) is 6.04 Å². The molecular formula is C15H19NS2. The fourth-order valence-corrected chi connectivity index (χ4v) is 3.48. The first-order valence-electron chi connectivity index (χ1n) is 6.17. The number of rotatable bonds is 5. The first kappa shape index (κ1) is 13.7. The minimum atomic E-state index is 0.325. The predicted molar refractivity (Wildman–Crippen MR) is 82.8 cm³/mol. The Hall–Kier alpha value is -0.770. The third kappa shape index (κ3) is 2.97. The van der Waals surface area contributed by atoms with Gasteiger partial charge in [-0.15, -0.1) is 23.1 Å². The van der Waals surface area contributed by atoms with Gasteiger partial charge in [-0.25, -0.2) is 0 Å². The van der Waals surface area contributed by atoms with E-state index in [1.807, 2.05) is 11.3 Å². The standard InChI is InChI=1S/C15H19NS2/c1-4-16-14(15-11(2)9-10-18-15)12-5-7-13(17-3)8-6-12/h5-10,14,16H,4H2,1-3H3. The van der Waals surface area contributed by atoms with Crippen molar-refractivity contribution in [3.63, 3.8) is 0 Å². The second-order valence-electron chi connectivity index (χ2n) is 4.23. The molecule has 0 fully saturated rings. The van der Waals surface area contributed by atoms with Crippen LogP contribution in [0.15, 0.2) is 40.6 Å². The lowest BCUT2D eigenvalue weighted by atomic mass is 10.0. The van der Waals surface area contributed by atoms with Crippen LogP contribution in [0.25, 0.3) is 0 Å². The maximum atomic E-state index is 3.58. The van der Waals surface area contributed by atoms with E-state index in [-0.39, 0.29) is 0 Å². The van der Waals surface area contributed by atoms with Gasteiger partial charge in [0.25, 0.3) is 0 Å². The van der Waals surface area contributed by atoms with E-state index in [4.69, 9.17) is 0 Å². The Bertz CT molecular complexity index is 487. The Morgan fingerprint density at radius 2 is 1.94 bits per heavy atom. The highest BCUT2D eigenvalue weighted by molar-refractivity contribution is 7.98. The highest BCUT2D eigenvalue weighted by atomic mass is 32.2. The number of thiophene rings is 1. The maximum Gasteiger partial charge on any atom is 0.0673 e. The third-order valence-corrected chi connectivity index (χ3v) is 4.85. The van der Waals surface area contributed by atoms with Crippen LogP contribution in [0.2, 0.25) is 0 Å². The molecule has 1 heterocycles. The van der Waals surface area contributed by atoms with Crippen molar-refractivity contribution in [2.24, 2.45) is 0 Å². The molecule has 0 bridgehead atoms. The largest absolute Gasteiger partial charge is 0.306 e. The highest BCUT2D eigenvalue weighted by Crippen LogP contribution is 2.30. The molecule has 2 rings (SSSR count). The summed E-state index contributed by atoms with van der Waals surface area (Å²) < 4.78 is 0. The van der Waals surface area contributed by atoms with Crippen molar-refractivity contribution in [2.75, 3.05) is 12.8 Å². The molecule has 1 nitrogen and oxygen atoms in total. The average Bonchev–Trinajstić information content (AvgIpc) is 2.82. The lowest BCUT2D eigenvalue weighted by Crippen LogP contribution is -2.21. The van der Waals surface area contributed by atoms with Gasteiger partial charge < -0.3 is 5.32 Å². The Balaban J connectivity index is 2.32. The molecule has 0 radical (unpaired) electrons. The van der Waals surface area contributed by atoms with Crippen LogP contribution in [0.5, 0.6) is 0 Å². The minimum absolute atomic E-state index is 0.325. The molecule has 0 aliphatic carbocycles. The molecule has 1 atom stereocenters. The molecular weight excluding hydrogens is 258 g/mol. The quantitative estimate of drug-likeness (QED) is 0.809. The zero-order valence-electron chi connectivity index (χ0n) is 11.1. The fraction of sp³-hybridized carbons (Fsp3) is 0.333. The molecule has 1 N–H and O–H groups in total. The molecule has 0 aliphatic rings. The van der Waals surface area contributed by atoms with E-state index in [1.54, 1.807) is 11.8 Å². The number of hydrogen-bond donors (Lipinski definition) is 1. The summed E-state index contributed by atoms with van der Waals surface area (Å²) in [6.45, 7) is 5.32. The van der Waals surface area contributed by atoms with Crippen LogP contribution in [0.3, 0.4) is 0 Å². The Morgan fingerprint density at radius 3 is 2.44 bits per heavy atom. The highest BCUT2D eigenvalue weighted by Gasteiger charge is 2.16. The van der Waals surface area contributed by atoms with E-state index in [1.165, 1.54) is 20.9 Å². The molecule has 1 unspecified atom stereocenters. The fourth-order valence-electron chi connectivity index (χ4n) is 2.04. The van der Waals surface area contributed by atoms with E-state index in [2.05, 4.69) is 61.1 Å². The summed E-state index contributed by atoms with van der Waals surface area (Å²) in [5, 5.41) is 5.76. The van der Waals surface area contributed by atoms with Crippen LogP contribution >= 0.6 is 23.1 Å². The number of benzene rings is 1. The number of thioether (sulfide) groups is 1. The van der Waals surface area contributed by atoms with Crippen LogP contribution in [0.1, 0.15) is 29.0 Å². The second kappa shape index (κ2) is 6.41. The van der Waals surface area contributed by atoms with E-state index in [0.29, 0.717) is 6.04 Å². The Labute approximate surface area is 118 Å². The normalized spacial score (nSPS) is 12.6. The van der Waals surface area contributed by atoms with Crippen molar-refractivity contribution in [1.29, 1.82) is 0 Å². The smallest absolute Gasteiger partial charge is 0.0673 e. The summed E-state index contributed by atoms with van der Waals surface area (Å²) in [6, 6.07) is 11.4. The van der Waals surface area contributed by atoms with Crippen molar-refractivity contribution >= 4 is 23.1 Å². The van der Waals surface area contributed by atoms with Gasteiger partial charge in [0, 0.05) is 9.77 Å². The molecule has 0 saturated heterocycles. The van der Waals surface area contributed by atoms with Crippen LogP contribution in [-0.4, -0.2) is 12.8 Å². The van der Waals surface area contributed by atoms with Gasteiger partial charge in [0.15, 0.2) is 0 Å². The van der Waals surface area contributed by atoms with Crippen LogP contribution in [0, 0.1) is 6.92 Å². The topological polar surface area (TPSA) is 12.0 Å². The van der Waals surface area contributed by atoms with Crippen molar-refractivity contribution in [3.05, 3.63) is 51.7 Å². The van der Waals surface area contributed by atoms with Gasteiger partial charge in [-0.1, -0.05) is 19.1 Å². The molecule has 1 aromatic heterocycles. The number of nitrogens with one attached hydrogen (secondary N) is 1. The first-order valence-corrected chi connectivity index (χ1v) is 8.28. The summed E-state index contributed by atoms with van der Waals surface area (Å²) in [6.07, 6.45) is 2.11. The maximum absolute atomic E-state index is 3.58. The first-order chi connectivity index (χ1) is 8.76. The van der Waals surface area contributed by atoms with Gasteiger partial charge in [0.1, 0.15) is 0 Å². The molecule has 3 heteroatoms. The van der Waals surface area contributed by atoms with Crippen LogP contribution < -0.4 is 5.32 Å². The summed E-state index contributed by atoms with van der Waals surface area (Å²) >= 11 is 3.62. The summed E-state index contributed by atoms with van der Waals surface area (Å²) in [4.78, 5) is 2.74. The molecule has 0 spiro atoms.